The van der Waals surface area contributed by atoms with Crippen molar-refractivity contribution in [3.63, 3.8) is 0 Å². The lowest BCUT2D eigenvalue weighted by Gasteiger charge is -2.16. The van der Waals surface area contributed by atoms with Crippen LogP contribution in [-0.4, -0.2) is 45.1 Å². The van der Waals surface area contributed by atoms with E-state index in [2.05, 4.69) is 11.8 Å². The zero-order valence-corrected chi connectivity index (χ0v) is 12.6. The van der Waals surface area contributed by atoms with E-state index in [1.54, 1.807) is 0 Å². The van der Waals surface area contributed by atoms with Crippen LogP contribution in [0.4, 0.5) is 0 Å². The Morgan fingerprint density at radius 1 is 1.43 bits per heavy atom. The Morgan fingerprint density at radius 2 is 2.14 bits per heavy atom. The van der Waals surface area contributed by atoms with E-state index in [9.17, 15) is 8.42 Å². The van der Waals surface area contributed by atoms with Gasteiger partial charge in [0.1, 0.15) is 12.4 Å². The van der Waals surface area contributed by atoms with Crippen molar-refractivity contribution in [2.45, 2.75) is 11.3 Å². The zero-order valence-electron chi connectivity index (χ0n) is 11.8. The highest BCUT2D eigenvalue weighted by atomic mass is 32.2. The van der Waals surface area contributed by atoms with Crippen molar-refractivity contribution in [3.05, 3.63) is 23.8 Å². The number of aliphatic hydroxyl groups is 1. The number of ether oxygens (including phenoxy) is 1. The maximum absolute atomic E-state index is 12.3. The van der Waals surface area contributed by atoms with Crippen LogP contribution in [0.2, 0.25) is 0 Å². The summed E-state index contributed by atoms with van der Waals surface area (Å²) in [7, 11) is -0.824. The van der Waals surface area contributed by atoms with Gasteiger partial charge in [-0.25, -0.2) is 8.42 Å². The van der Waals surface area contributed by atoms with Gasteiger partial charge in [-0.3, -0.25) is 0 Å². The number of benzene rings is 1. The lowest BCUT2D eigenvalue weighted by Crippen LogP contribution is -2.27. The molecule has 0 unspecified atom stereocenters. The van der Waals surface area contributed by atoms with Crippen molar-refractivity contribution in [3.8, 4) is 23.7 Å². The number of nitrogens with zero attached hydrogens (tertiary/aromatic N) is 2. The molecular weight excluding hydrogens is 292 g/mol. The first-order valence-corrected chi connectivity index (χ1v) is 7.52. The summed E-state index contributed by atoms with van der Waals surface area (Å²) in [5.41, 5.74) is 0.376. The highest BCUT2D eigenvalue weighted by molar-refractivity contribution is 7.89. The van der Waals surface area contributed by atoms with Gasteiger partial charge in [-0.15, -0.1) is 0 Å². The number of sulfonamides is 1. The molecule has 1 N–H and O–H groups in total. The van der Waals surface area contributed by atoms with Crippen LogP contribution < -0.4 is 4.74 Å². The predicted molar refractivity (Wildman–Crippen MR) is 77.0 cm³/mol. The Balaban J connectivity index is 3.22. The van der Waals surface area contributed by atoms with Gasteiger partial charge in [-0.2, -0.15) is 9.57 Å². The molecule has 0 amide bonds. The largest absolute Gasteiger partial charge is 0.495 e. The quantitative estimate of drug-likeness (QED) is 0.803. The van der Waals surface area contributed by atoms with Crippen LogP contribution in [-0.2, 0) is 10.0 Å². The Morgan fingerprint density at radius 3 is 2.71 bits per heavy atom. The van der Waals surface area contributed by atoms with Crippen molar-refractivity contribution in [1.29, 1.82) is 5.26 Å². The standard InChI is InChI=1S/C14H16N2O4S/c1-16(9-4-8-15)21(18,19)13-6-7-14(20-2)12(11-13)5-3-10-17/h6-7,11,17H,4,9-10H2,1-2H3. The van der Waals surface area contributed by atoms with Crippen LogP contribution in [0.25, 0.3) is 0 Å². The van der Waals surface area contributed by atoms with Crippen molar-refractivity contribution < 1.29 is 18.3 Å². The van der Waals surface area contributed by atoms with Gasteiger partial charge in [0, 0.05) is 20.0 Å². The van der Waals surface area contributed by atoms with E-state index in [0.29, 0.717) is 11.3 Å². The molecule has 112 valence electrons. The third kappa shape index (κ3) is 4.20. The molecule has 0 aliphatic carbocycles. The molecule has 1 aromatic carbocycles. The smallest absolute Gasteiger partial charge is 0.242 e. The van der Waals surface area contributed by atoms with Crippen LogP contribution in [0.3, 0.4) is 0 Å². The van der Waals surface area contributed by atoms with Crippen molar-refractivity contribution in [2.75, 3.05) is 27.3 Å². The fourth-order valence-corrected chi connectivity index (χ4v) is 2.79. The van der Waals surface area contributed by atoms with Gasteiger partial charge in [0.2, 0.25) is 10.0 Å². The molecule has 0 heterocycles. The van der Waals surface area contributed by atoms with Crippen LogP contribution in [0.1, 0.15) is 12.0 Å². The van der Waals surface area contributed by atoms with Gasteiger partial charge in [-0.1, -0.05) is 11.8 Å². The normalized spacial score (nSPS) is 10.6. The summed E-state index contributed by atoms with van der Waals surface area (Å²) in [6, 6.07) is 6.22. The van der Waals surface area contributed by atoms with Crippen LogP contribution in [0.15, 0.2) is 23.1 Å². The Labute approximate surface area is 124 Å². The maximum Gasteiger partial charge on any atom is 0.242 e. The van der Waals surface area contributed by atoms with E-state index in [4.69, 9.17) is 15.1 Å². The monoisotopic (exact) mass is 308 g/mol. The SMILES string of the molecule is COc1ccc(S(=O)(=O)N(C)CCC#N)cc1C#CCO. The fourth-order valence-electron chi connectivity index (χ4n) is 1.59. The van der Waals surface area contributed by atoms with Crippen LogP contribution >= 0.6 is 0 Å². The molecule has 21 heavy (non-hydrogen) atoms. The van der Waals surface area contributed by atoms with Gasteiger partial charge >= 0.3 is 0 Å². The average Bonchev–Trinajstić information content (AvgIpc) is 2.49. The lowest BCUT2D eigenvalue weighted by molar-refractivity contribution is 0.350. The van der Waals surface area contributed by atoms with Gasteiger partial charge in [0.05, 0.1) is 23.6 Å². The molecule has 0 saturated carbocycles. The van der Waals surface area contributed by atoms with E-state index in [-0.39, 0.29) is 24.5 Å². The van der Waals surface area contributed by atoms with E-state index < -0.39 is 10.0 Å². The van der Waals surface area contributed by atoms with Gasteiger partial charge in [0.25, 0.3) is 0 Å². The minimum atomic E-state index is -3.69. The maximum atomic E-state index is 12.3. The minimum absolute atomic E-state index is 0.0611. The molecule has 1 rings (SSSR count). The summed E-state index contributed by atoms with van der Waals surface area (Å²) >= 11 is 0. The Kier molecular flexibility index (Phi) is 6.19. The number of methoxy groups -OCH3 is 1. The lowest BCUT2D eigenvalue weighted by atomic mass is 10.2. The summed E-state index contributed by atoms with van der Waals surface area (Å²) in [6.45, 7) is -0.218. The molecule has 7 heteroatoms. The molecule has 0 radical (unpaired) electrons. The minimum Gasteiger partial charge on any atom is -0.495 e. The summed E-state index contributed by atoms with van der Waals surface area (Å²) in [5, 5.41) is 17.3. The van der Waals surface area contributed by atoms with Crippen molar-refractivity contribution in [1.82, 2.24) is 4.31 Å². The van der Waals surface area contributed by atoms with Gasteiger partial charge in [0.15, 0.2) is 0 Å². The Hall–Kier alpha value is -2.06. The number of hydrogen-bond donors (Lipinski definition) is 1. The van der Waals surface area contributed by atoms with Crippen LogP contribution in [0, 0.1) is 23.2 Å². The molecular formula is C14H16N2O4S. The first-order chi connectivity index (χ1) is 9.97. The summed E-state index contributed by atoms with van der Waals surface area (Å²) in [4.78, 5) is 0.0611. The highest BCUT2D eigenvalue weighted by Crippen LogP contribution is 2.23. The molecule has 0 saturated heterocycles. The summed E-state index contributed by atoms with van der Waals surface area (Å²) < 4.78 is 30.9. The molecule has 1 aromatic rings. The average molecular weight is 308 g/mol. The van der Waals surface area contributed by atoms with Crippen molar-refractivity contribution >= 4 is 10.0 Å². The van der Waals surface area contributed by atoms with E-state index in [0.717, 1.165) is 4.31 Å². The first kappa shape index (κ1) is 17.0. The van der Waals surface area contributed by atoms with Gasteiger partial charge in [-0.05, 0) is 18.2 Å². The summed E-state index contributed by atoms with van der Waals surface area (Å²) in [5.74, 6) is 5.53. The highest BCUT2D eigenvalue weighted by Gasteiger charge is 2.21. The van der Waals surface area contributed by atoms with Crippen molar-refractivity contribution in [2.24, 2.45) is 0 Å². The number of aliphatic hydroxyl groups excluding tert-OH is 1. The fraction of sp³-hybridized carbons (Fsp3) is 0.357. The first-order valence-electron chi connectivity index (χ1n) is 6.08. The molecule has 6 nitrogen and oxygen atoms in total. The third-order valence-electron chi connectivity index (χ3n) is 2.72. The molecule has 0 aliphatic rings. The van der Waals surface area contributed by atoms with Gasteiger partial charge < -0.3 is 9.84 Å². The van der Waals surface area contributed by atoms with Crippen LogP contribution in [0.5, 0.6) is 5.75 Å². The van der Waals surface area contributed by atoms with E-state index in [1.165, 1.54) is 32.4 Å². The number of nitriles is 1. The molecule has 0 aliphatic heterocycles. The van der Waals surface area contributed by atoms with E-state index >= 15 is 0 Å². The zero-order chi connectivity index (χ0) is 15.9. The molecule has 0 fully saturated rings. The predicted octanol–water partition coefficient (Wildman–Crippen LogP) is 0.573. The second-order valence-corrected chi connectivity index (χ2v) is 6.10. The summed E-state index contributed by atoms with van der Waals surface area (Å²) in [6.07, 6.45) is 0.114. The Bertz CT molecular complexity index is 696. The molecule has 0 aromatic heterocycles. The molecule has 0 atom stereocenters. The number of rotatable bonds is 5. The second-order valence-electron chi connectivity index (χ2n) is 4.06. The topological polar surface area (TPSA) is 90.6 Å². The molecule has 0 bridgehead atoms. The number of hydrogen-bond acceptors (Lipinski definition) is 5. The second kappa shape index (κ2) is 7.65. The van der Waals surface area contributed by atoms with E-state index in [1.807, 2.05) is 6.07 Å². The molecule has 0 spiro atoms. The third-order valence-corrected chi connectivity index (χ3v) is 4.57.